The van der Waals surface area contributed by atoms with Gasteiger partial charge in [0.05, 0.1) is 16.3 Å². The molecule has 88 valence electrons. The maximum absolute atomic E-state index is 10.9. The maximum Gasteiger partial charge on any atom is 0.337 e. The van der Waals surface area contributed by atoms with E-state index >= 15 is 0 Å². The highest BCUT2D eigenvalue weighted by Gasteiger charge is 2.15. The van der Waals surface area contributed by atoms with E-state index in [0.717, 1.165) is 13.1 Å². The molecular formula is C11H15ClN2O2. The van der Waals surface area contributed by atoms with Crippen molar-refractivity contribution < 1.29 is 9.90 Å². The first-order chi connectivity index (χ1) is 7.51. The van der Waals surface area contributed by atoms with Crippen LogP contribution in [0.4, 0.5) is 5.82 Å². The first-order valence-electron chi connectivity index (χ1n) is 5.16. The van der Waals surface area contributed by atoms with E-state index < -0.39 is 5.97 Å². The Hall–Kier alpha value is -1.29. The largest absolute Gasteiger partial charge is 0.478 e. The van der Waals surface area contributed by atoms with Crippen LogP contribution in [-0.2, 0) is 0 Å². The number of rotatable bonds is 4. The molecule has 0 bridgehead atoms. The van der Waals surface area contributed by atoms with Crippen LogP contribution in [0.2, 0.25) is 5.02 Å². The van der Waals surface area contributed by atoms with Crippen molar-refractivity contribution in [1.29, 1.82) is 0 Å². The number of aromatic nitrogens is 1. The molecule has 0 atom stereocenters. The van der Waals surface area contributed by atoms with Gasteiger partial charge >= 0.3 is 5.97 Å². The minimum atomic E-state index is -1.00. The van der Waals surface area contributed by atoms with Crippen molar-refractivity contribution in [2.24, 2.45) is 0 Å². The number of pyridine rings is 1. The van der Waals surface area contributed by atoms with Gasteiger partial charge in [-0.3, -0.25) is 0 Å². The van der Waals surface area contributed by atoms with Gasteiger partial charge in [-0.2, -0.15) is 0 Å². The van der Waals surface area contributed by atoms with E-state index in [1.165, 1.54) is 6.07 Å². The molecule has 0 saturated carbocycles. The minimum absolute atomic E-state index is 0.154. The SMILES string of the molecule is CCN(CC)c1nc(C)c(C(=O)O)cc1Cl. The minimum Gasteiger partial charge on any atom is -0.478 e. The highest BCUT2D eigenvalue weighted by atomic mass is 35.5. The molecule has 0 aromatic carbocycles. The lowest BCUT2D eigenvalue weighted by molar-refractivity contribution is 0.0695. The topological polar surface area (TPSA) is 53.4 Å². The third kappa shape index (κ3) is 2.44. The Kier molecular flexibility index (Phi) is 4.12. The third-order valence-electron chi connectivity index (χ3n) is 2.44. The molecule has 0 fully saturated rings. The number of anilines is 1. The van der Waals surface area contributed by atoms with Gasteiger partial charge in [-0.15, -0.1) is 0 Å². The summed E-state index contributed by atoms with van der Waals surface area (Å²) in [6.45, 7) is 7.25. The lowest BCUT2D eigenvalue weighted by Gasteiger charge is -2.21. The van der Waals surface area contributed by atoms with Crippen LogP contribution in [0.5, 0.6) is 0 Å². The summed E-state index contributed by atoms with van der Waals surface area (Å²) in [4.78, 5) is 17.1. The monoisotopic (exact) mass is 242 g/mol. The molecular weight excluding hydrogens is 228 g/mol. The van der Waals surface area contributed by atoms with Crippen molar-refractivity contribution in [3.05, 3.63) is 22.3 Å². The fourth-order valence-corrected chi connectivity index (χ4v) is 1.80. The molecule has 16 heavy (non-hydrogen) atoms. The van der Waals surface area contributed by atoms with Gasteiger partial charge in [-0.25, -0.2) is 9.78 Å². The summed E-state index contributed by atoms with van der Waals surface area (Å²) in [5, 5.41) is 9.30. The summed E-state index contributed by atoms with van der Waals surface area (Å²) in [5.74, 6) is -0.354. The average Bonchev–Trinajstić information content (AvgIpc) is 2.23. The number of halogens is 1. The summed E-state index contributed by atoms with van der Waals surface area (Å²) in [7, 11) is 0. The zero-order chi connectivity index (χ0) is 12.3. The van der Waals surface area contributed by atoms with Crippen molar-refractivity contribution in [3.63, 3.8) is 0 Å². The number of carboxylic acids is 1. The molecule has 1 rings (SSSR count). The Morgan fingerprint density at radius 2 is 2.06 bits per heavy atom. The van der Waals surface area contributed by atoms with Crippen LogP contribution < -0.4 is 4.90 Å². The van der Waals surface area contributed by atoms with Gasteiger partial charge in [0.15, 0.2) is 0 Å². The van der Waals surface area contributed by atoms with Gasteiger partial charge in [0.2, 0.25) is 0 Å². The highest BCUT2D eigenvalue weighted by molar-refractivity contribution is 6.33. The van der Waals surface area contributed by atoms with Gasteiger partial charge < -0.3 is 10.0 Å². The fraction of sp³-hybridized carbons (Fsp3) is 0.455. The summed E-state index contributed by atoms with van der Waals surface area (Å²) in [6.07, 6.45) is 0. The molecule has 0 aliphatic carbocycles. The molecule has 0 spiro atoms. The number of carbonyl (C=O) groups is 1. The van der Waals surface area contributed by atoms with Gasteiger partial charge in [0, 0.05) is 13.1 Å². The van der Waals surface area contributed by atoms with E-state index in [9.17, 15) is 4.79 Å². The molecule has 0 aliphatic rings. The van der Waals surface area contributed by atoms with Crippen molar-refractivity contribution in [2.45, 2.75) is 20.8 Å². The molecule has 0 aliphatic heterocycles. The number of nitrogens with zero attached hydrogens (tertiary/aromatic N) is 2. The van der Waals surface area contributed by atoms with Crippen molar-refractivity contribution in [3.8, 4) is 0 Å². The molecule has 1 heterocycles. The van der Waals surface area contributed by atoms with E-state index in [-0.39, 0.29) is 5.56 Å². The number of carboxylic acid groups (broad SMARTS) is 1. The van der Waals surface area contributed by atoms with Crippen LogP contribution in [0.15, 0.2) is 6.07 Å². The molecule has 0 unspecified atom stereocenters. The van der Waals surface area contributed by atoms with Gasteiger partial charge in [-0.05, 0) is 26.8 Å². The van der Waals surface area contributed by atoms with E-state index in [0.29, 0.717) is 16.5 Å². The van der Waals surface area contributed by atoms with Crippen molar-refractivity contribution in [2.75, 3.05) is 18.0 Å². The second-order valence-electron chi connectivity index (χ2n) is 3.40. The Labute approximate surface area is 99.9 Å². The number of hydrogen-bond donors (Lipinski definition) is 1. The molecule has 0 amide bonds. The molecule has 1 N–H and O–H groups in total. The molecule has 1 aromatic heterocycles. The number of aryl methyl sites for hydroxylation is 1. The maximum atomic E-state index is 10.9. The van der Waals surface area contributed by atoms with Crippen LogP contribution >= 0.6 is 11.6 Å². The Morgan fingerprint density at radius 3 is 2.50 bits per heavy atom. The predicted octanol–water partition coefficient (Wildman–Crippen LogP) is 2.59. The van der Waals surface area contributed by atoms with Crippen LogP contribution in [0.1, 0.15) is 29.9 Å². The fourth-order valence-electron chi connectivity index (χ4n) is 1.53. The Morgan fingerprint density at radius 1 is 1.50 bits per heavy atom. The van der Waals surface area contributed by atoms with E-state index in [1.807, 2.05) is 18.7 Å². The second-order valence-corrected chi connectivity index (χ2v) is 3.81. The summed E-state index contributed by atoms with van der Waals surface area (Å²) in [6, 6.07) is 1.46. The number of hydrogen-bond acceptors (Lipinski definition) is 3. The average molecular weight is 243 g/mol. The molecule has 1 aromatic rings. The van der Waals surface area contributed by atoms with Crippen LogP contribution in [0.3, 0.4) is 0 Å². The molecule has 4 nitrogen and oxygen atoms in total. The zero-order valence-corrected chi connectivity index (χ0v) is 10.4. The standard InChI is InChI=1S/C11H15ClN2O2/c1-4-14(5-2)10-9(12)6-8(11(15)16)7(3)13-10/h6H,4-5H2,1-3H3,(H,15,16). The van der Waals surface area contributed by atoms with Gasteiger partial charge in [-0.1, -0.05) is 11.6 Å². The van der Waals surface area contributed by atoms with Crippen LogP contribution in [0, 0.1) is 6.92 Å². The summed E-state index contributed by atoms with van der Waals surface area (Å²) in [5.41, 5.74) is 0.639. The highest BCUT2D eigenvalue weighted by Crippen LogP contribution is 2.25. The lowest BCUT2D eigenvalue weighted by atomic mass is 10.2. The molecule has 0 saturated heterocycles. The predicted molar refractivity (Wildman–Crippen MR) is 64.5 cm³/mol. The Balaban J connectivity index is 3.24. The van der Waals surface area contributed by atoms with E-state index in [4.69, 9.17) is 16.7 Å². The van der Waals surface area contributed by atoms with E-state index in [2.05, 4.69) is 4.98 Å². The zero-order valence-electron chi connectivity index (χ0n) is 9.62. The van der Waals surface area contributed by atoms with Crippen molar-refractivity contribution in [1.82, 2.24) is 4.98 Å². The van der Waals surface area contributed by atoms with Crippen LogP contribution in [0.25, 0.3) is 0 Å². The lowest BCUT2D eigenvalue weighted by Crippen LogP contribution is -2.24. The third-order valence-corrected chi connectivity index (χ3v) is 2.72. The summed E-state index contributed by atoms with van der Waals surface area (Å²) >= 11 is 6.03. The quantitative estimate of drug-likeness (QED) is 0.882. The van der Waals surface area contributed by atoms with Crippen molar-refractivity contribution >= 4 is 23.4 Å². The summed E-state index contributed by atoms with van der Waals surface area (Å²) < 4.78 is 0. The first-order valence-corrected chi connectivity index (χ1v) is 5.54. The Bertz CT molecular complexity index is 403. The first kappa shape index (κ1) is 12.8. The smallest absolute Gasteiger partial charge is 0.337 e. The normalized spacial score (nSPS) is 10.2. The second kappa shape index (κ2) is 5.16. The van der Waals surface area contributed by atoms with E-state index in [1.54, 1.807) is 6.92 Å². The molecule has 0 radical (unpaired) electrons. The number of aromatic carboxylic acids is 1. The molecule has 5 heteroatoms. The van der Waals surface area contributed by atoms with Gasteiger partial charge in [0.1, 0.15) is 5.82 Å². The van der Waals surface area contributed by atoms with Gasteiger partial charge in [0.25, 0.3) is 0 Å². The van der Waals surface area contributed by atoms with Crippen LogP contribution in [-0.4, -0.2) is 29.1 Å².